The van der Waals surface area contributed by atoms with Gasteiger partial charge in [0, 0.05) is 10.5 Å². The average Bonchev–Trinajstić information content (AvgIpc) is 2.37. The monoisotopic (exact) mass is 365 g/mol. The minimum absolute atomic E-state index is 0.102. The number of halogens is 1. The number of carbonyl (C=O) groups is 1. The zero-order valence-electron chi connectivity index (χ0n) is 10.4. The Morgan fingerprint density at radius 2 is 1.90 bits per heavy atom. The predicted octanol–water partition coefficient (Wildman–Crippen LogP) is 0.972. The van der Waals surface area contributed by atoms with Crippen LogP contribution in [0.15, 0.2) is 21.5 Å². The number of benzene rings is 1. The van der Waals surface area contributed by atoms with Crippen molar-refractivity contribution in [2.75, 3.05) is 13.2 Å². The summed E-state index contributed by atoms with van der Waals surface area (Å²) >= 11 is 3.14. The van der Waals surface area contributed by atoms with Gasteiger partial charge < -0.3 is 14.6 Å². The van der Waals surface area contributed by atoms with Crippen molar-refractivity contribution in [2.24, 2.45) is 0 Å². The largest absolute Gasteiger partial charge is 0.486 e. The van der Waals surface area contributed by atoms with Crippen molar-refractivity contribution in [3.63, 3.8) is 0 Å². The Hall–Kier alpha value is -1.32. The molecule has 0 saturated heterocycles. The lowest BCUT2D eigenvalue weighted by molar-refractivity contribution is -0.138. The van der Waals surface area contributed by atoms with Gasteiger partial charge in [0.1, 0.15) is 24.2 Å². The predicted molar refractivity (Wildman–Crippen MR) is 72.6 cm³/mol. The van der Waals surface area contributed by atoms with Crippen molar-refractivity contribution in [3.05, 3.63) is 16.6 Å². The van der Waals surface area contributed by atoms with Crippen LogP contribution < -0.4 is 14.2 Å². The van der Waals surface area contributed by atoms with Crippen LogP contribution in [0.2, 0.25) is 0 Å². The highest BCUT2D eigenvalue weighted by Crippen LogP contribution is 2.37. The van der Waals surface area contributed by atoms with Crippen LogP contribution in [0.25, 0.3) is 0 Å². The molecular formula is C11H12BrNO6S. The summed E-state index contributed by atoms with van der Waals surface area (Å²) in [7, 11) is -3.98. The molecule has 0 spiro atoms. The van der Waals surface area contributed by atoms with Gasteiger partial charge in [-0.3, -0.25) is 4.79 Å². The van der Waals surface area contributed by atoms with Crippen molar-refractivity contribution >= 4 is 31.9 Å². The first-order valence-electron chi connectivity index (χ1n) is 5.65. The fourth-order valence-electron chi connectivity index (χ4n) is 1.60. The van der Waals surface area contributed by atoms with Crippen molar-refractivity contribution < 1.29 is 27.8 Å². The topological polar surface area (TPSA) is 102 Å². The van der Waals surface area contributed by atoms with E-state index in [0.29, 0.717) is 24.7 Å². The maximum atomic E-state index is 12.2. The summed E-state index contributed by atoms with van der Waals surface area (Å²) in [5.74, 6) is -0.515. The molecule has 0 aromatic heterocycles. The lowest BCUT2D eigenvalue weighted by Crippen LogP contribution is -2.38. The molecule has 1 aliphatic heterocycles. The van der Waals surface area contributed by atoms with E-state index in [1.165, 1.54) is 19.1 Å². The third-order valence-electron chi connectivity index (χ3n) is 2.59. The van der Waals surface area contributed by atoms with E-state index >= 15 is 0 Å². The highest BCUT2D eigenvalue weighted by molar-refractivity contribution is 9.10. The van der Waals surface area contributed by atoms with E-state index in [1.807, 2.05) is 0 Å². The highest BCUT2D eigenvalue weighted by atomic mass is 79.9. The van der Waals surface area contributed by atoms with Gasteiger partial charge in [-0.2, -0.15) is 4.72 Å². The Balaban J connectivity index is 2.39. The molecule has 2 rings (SSSR count). The zero-order chi connectivity index (χ0) is 14.9. The lowest BCUT2D eigenvalue weighted by Gasteiger charge is -2.20. The number of ether oxygens (including phenoxy) is 2. The van der Waals surface area contributed by atoms with Crippen LogP contribution in [0.5, 0.6) is 11.5 Å². The van der Waals surface area contributed by atoms with Crippen LogP contribution >= 0.6 is 15.9 Å². The summed E-state index contributed by atoms with van der Waals surface area (Å²) in [4.78, 5) is 10.6. The van der Waals surface area contributed by atoms with Gasteiger partial charge in [0.2, 0.25) is 10.0 Å². The molecule has 0 saturated carbocycles. The third-order valence-corrected chi connectivity index (χ3v) is 5.09. The molecule has 110 valence electrons. The molecule has 1 aliphatic rings. The Bertz CT molecular complexity index is 645. The van der Waals surface area contributed by atoms with Crippen LogP contribution in [0.1, 0.15) is 6.92 Å². The summed E-state index contributed by atoms with van der Waals surface area (Å²) < 4.78 is 37.3. The molecule has 0 fully saturated rings. The molecular weight excluding hydrogens is 354 g/mol. The van der Waals surface area contributed by atoms with Crippen LogP contribution in [-0.4, -0.2) is 38.7 Å². The maximum Gasteiger partial charge on any atom is 0.321 e. The van der Waals surface area contributed by atoms with E-state index in [9.17, 15) is 13.2 Å². The molecule has 1 aromatic carbocycles. The first kappa shape index (κ1) is 15.1. The minimum Gasteiger partial charge on any atom is -0.486 e. The van der Waals surface area contributed by atoms with Gasteiger partial charge in [-0.25, -0.2) is 8.42 Å². The van der Waals surface area contributed by atoms with E-state index < -0.39 is 22.0 Å². The number of carboxylic acid groups (broad SMARTS) is 1. The molecule has 0 bridgehead atoms. The van der Waals surface area contributed by atoms with Gasteiger partial charge in [0.25, 0.3) is 0 Å². The van der Waals surface area contributed by atoms with E-state index in [-0.39, 0.29) is 9.37 Å². The summed E-state index contributed by atoms with van der Waals surface area (Å²) in [5.41, 5.74) is 0. The van der Waals surface area contributed by atoms with Crippen LogP contribution in [0.3, 0.4) is 0 Å². The number of nitrogens with one attached hydrogen (secondary N) is 1. The second-order valence-electron chi connectivity index (χ2n) is 4.11. The molecule has 9 heteroatoms. The van der Waals surface area contributed by atoms with Crippen LogP contribution in [0.4, 0.5) is 0 Å². The number of carboxylic acids is 1. The molecule has 1 aromatic rings. The summed E-state index contributed by atoms with van der Waals surface area (Å²) in [5, 5.41) is 8.77. The number of fused-ring (bicyclic) bond motifs is 1. The van der Waals surface area contributed by atoms with Crippen molar-refractivity contribution in [2.45, 2.75) is 17.9 Å². The molecule has 20 heavy (non-hydrogen) atoms. The molecule has 0 aliphatic carbocycles. The molecule has 7 nitrogen and oxygen atoms in total. The standard InChI is InChI=1S/C11H12BrNO6S/c1-6(11(14)15)13-20(16,17)10-5-9-8(4-7(10)12)18-2-3-19-9/h4-6,13H,2-3H2,1H3,(H,14,15). The first-order chi connectivity index (χ1) is 9.31. The van der Waals surface area contributed by atoms with Gasteiger partial charge >= 0.3 is 5.97 Å². The second kappa shape index (κ2) is 5.58. The van der Waals surface area contributed by atoms with Gasteiger partial charge in [-0.1, -0.05) is 0 Å². The van der Waals surface area contributed by atoms with Crippen LogP contribution in [-0.2, 0) is 14.8 Å². The van der Waals surface area contributed by atoms with Crippen LogP contribution in [0, 0.1) is 0 Å². The minimum atomic E-state index is -3.98. The molecule has 1 heterocycles. The summed E-state index contributed by atoms with van der Waals surface area (Å²) in [6.45, 7) is 1.96. The first-order valence-corrected chi connectivity index (χ1v) is 7.93. The van der Waals surface area contributed by atoms with Gasteiger partial charge in [0.15, 0.2) is 11.5 Å². The number of aliphatic carboxylic acids is 1. The molecule has 0 amide bonds. The SMILES string of the molecule is CC(NS(=O)(=O)c1cc2c(cc1Br)OCCO2)C(=O)O. The van der Waals surface area contributed by atoms with Crippen molar-refractivity contribution in [3.8, 4) is 11.5 Å². The lowest BCUT2D eigenvalue weighted by atomic mass is 10.3. The van der Waals surface area contributed by atoms with Crippen molar-refractivity contribution in [1.29, 1.82) is 0 Å². The quantitative estimate of drug-likeness (QED) is 0.824. The molecule has 1 atom stereocenters. The highest BCUT2D eigenvalue weighted by Gasteiger charge is 2.26. The molecule has 1 unspecified atom stereocenters. The number of rotatable bonds is 4. The molecule has 2 N–H and O–H groups in total. The Kier molecular flexibility index (Phi) is 4.21. The second-order valence-corrected chi connectivity index (χ2v) is 6.64. The average molecular weight is 366 g/mol. The van der Waals surface area contributed by atoms with Gasteiger partial charge in [-0.15, -0.1) is 0 Å². The van der Waals surface area contributed by atoms with E-state index in [2.05, 4.69) is 20.7 Å². The maximum absolute atomic E-state index is 12.2. The summed E-state index contributed by atoms with van der Waals surface area (Å²) in [6.07, 6.45) is 0. The fourth-order valence-corrected chi connectivity index (χ4v) is 3.83. The van der Waals surface area contributed by atoms with E-state index in [1.54, 1.807) is 0 Å². The zero-order valence-corrected chi connectivity index (χ0v) is 12.8. The Labute approximate surface area is 124 Å². The van der Waals surface area contributed by atoms with E-state index in [4.69, 9.17) is 14.6 Å². The smallest absolute Gasteiger partial charge is 0.321 e. The van der Waals surface area contributed by atoms with Gasteiger partial charge in [0.05, 0.1) is 0 Å². The van der Waals surface area contributed by atoms with Gasteiger partial charge in [-0.05, 0) is 28.9 Å². The number of hydrogen-bond donors (Lipinski definition) is 2. The fraction of sp³-hybridized carbons (Fsp3) is 0.364. The Morgan fingerprint density at radius 1 is 1.35 bits per heavy atom. The van der Waals surface area contributed by atoms with Crippen molar-refractivity contribution in [1.82, 2.24) is 4.72 Å². The number of sulfonamides is 1. The summed E-state index contributed by atoms with van der Waals surface area (Å²) in [6, 6.07) is 1.55. The van der Waals surface area contributed by atoms with E-state index in [0.717, 1.165) is 0 Å². The number of hydrogen-bond acceptors (Lipinski definition) is 5. The molecule has 0 radical (unpaired) electrons. The Morgan fingerprint density at radius 3 is 2.45 bits per heavy atom. The normalized spacial score (nSPS) is 15.7. The third kappa shape index (κ3) is 3.05.